The molecule has 1 atom stereocenters. The van der Waals surface area contributed by atoms with E-state index in [1.807, 2.05) is 0 Å². The van der Waals surface area contributed by atoms with Crippen molar-refractivity contribution in [2.24, 2.45) is 7.05 Å². The number of aromatic nitrogens is 1. The molecule has 0 amide bonds. The van der Waals surface area contributed by atoms with E-state index in [2.05, 4.69) is 121 Å². The lowest BCUT2D eigenvalue weighted by atomic mass is 9.99. The zero-order valence-corrected chi connectivity index (χ0v) is 17.4. The molecule has 0 bridgehead atoms. The summed E-state index contributed by atoms with van der Waals surface area (Å²) in [6.07, 6.45) is 0.256. The van der Waals surface area contributed by atoms with Gasteiger partial charge in [-0.3, -0.25) is 0 Å². The van der Waals surface area contributed by atoms with E-state index in [1.165, 1.54) is 44.8 Å². The molecule has 3 aromatic carbocycles. The Labute approximate surface area is 172 Å². The molecule has 0 saturated carbocycles. The Balaban J connectivity index is 1.68. The first-order valence-electron chi connectivity index (χ1n) is 10.2. The minimum absolute atomic E-state index is 0.256. The minimum Gasteiger partial charge on any atom is -0.333 e. The molecule has 2 heterocycles. The summed E-state index contributed by atoms with van der Waals surface area (Å²) < 4.78 is 2.32. The molecular formula is C26H26N3+. The minimum atomic E-state index is 0.256. The molecule has 0 radical (unpaired) electrons. The van der Waals surface area contributed by atoms with Gasteiger partial charge in [0, 0.05) is 18.7 Å². The van der Waals surface area contributed by atoms with E-state index < -0.39 is 0 Å². The molecule has 0 spiro atoms. The van der Waals surface area contributed by atoms with Gasteiger partial charge in [-0.05, 0) is 60.5 Å². The highest BCUT2D eigenvalue weighted by molar-refractivity contribution is 5.88. The van der Waals surface area contributed by atoms with Gasteiger partial charge >= 0.3 is 0 Å². The highest BCUT2D eigenvalue weighted by Crippen LogP contribution is 2.42. The third-order valence-electron chi connectivity index (χ3n) is 6.28. The van der Waals surface area contributed by atoms with Crippen molar-refractivity contribution in [2.45, 2.75) is 20.0 Å². The van der Waals surface area contributed by atoms with E-state index in [0.717, 1.165) is 0 Å². The molecule has 0 saturated heterocycles. The maximum absolute atomic E-state index is 2.43. The van der Waals surface area contributed by atoms with Gasteiger partial charge in [-0.25, -0.2) is 9.47 Å². The van der Waals surface area contributed by atoms with Crippen LogP contribution in [0.3, 0.4) is 0 Å². The molecule has 3 heteroatoms. The van der Waals surface area contributed by atoms with Crippen LogP contribution in [0.2, 0.25) is 0 Å². The first kappa shape index (κ1) is 17.7. The molecule has 1 aliphatic heterocycles. The highest BCUT2D eigenvalue weighted by atomic mass is 15.4. The van der Waals surface area contributed by atoms with Crippen LogP contribution < -0.4 is 14.4 Å². The number of para-hydroxylation sites is 2. The number of anilines is 3. The van der Waals surface area contributed by atoms with Gasteiger partial charge in [-0.2, -0.15) is 0 Å². The first-order chi connectivity index (χ1) is 14.1. The van der Waals surface area contributed by atoms with Crippen molar-refractivity contribution in [2.75, 3.05) is 16.8 Å². The highest BCUT2D eigenvalue weighted by Gasteiger charge is 2.39. The second-order valence-electron chi connectivity index (χ2n) is 7.94. The fourth-order valence-electron chi connectivity index (χ4n) is 4.57. The zero-order valence-electron chi connectivity index (χ0n) is 17.4. The van der Waals surface area contributed by atoms with Gasteiger partial charge in [0.1, 0.15) is 5.69 Å². The fourth-order valence-corrected chi connectivity index (χ4v) is 4.57. The van der Waals surface area contributed by atoms with Crippen LogP contribution in [0.1, 0.15) is 12.5 Å². The maximum atomic E-state index is 2.43. The van der Waals surface area contributed by atoms with Gasteiger partial charge in [0.2, 0.25) is 0 Å². The lowest BCUT2D eigenvalue weighted by Gasteiger charge is -2.22. The van der Waals surface area contributed by atoms with Gasteiger partial charge in [0.25, 0.3) is 5.82 Å². The number of hydrogen-bond acceptors (Lipinski definition) is 2. The topological polar surface area (TPSA) is 10.4 Å². The van der Waals surface area contributed by atoms with Gasteiger partial charge in [-0.1, -0.05) is 42.5 Å². The summed E-state index contributed by atoms with van der Waals surface area (Å²) in [5, 5.41) is 2.56. The number of pyridine rings is 1. The third kappa shape index (κ3) is 2.69. The van der Waals surface area contributed by atoms with Crippen LogP contribution in [0.15, 0.2) is 78.9 Å². The lowest BCUT2D eigenvalue weighted by Crippen LogP contribution is -2.44. The molecule has 1 aromatic heterocycles. The quantitative estimate of drug-likeness (QED) is 0.421. The summed E-state index contributed by atoms with van der Waals surface area (Å²) in [4.78, 5) is 4.76. The van der Waals surface area contributed by atoms with Crippen molar-refractivity contribution in [1.82, 2.24) is 0 Å². The van der Waals surface area contributed by atoms with Crippen molar-refractivity contribution in [3.63, 3.8) is 0 Å². The van der Waals surface area contributed by atoms with Crippen molar-refractivity contribution in [3.05, 3.63) is 84.4 Å². The van der Waals surface area contributed by atoms with Crippen LogP contribution in [0.25, 0.3) is 22.0 Å². The van der Waals surface area contributed by atoms with Crippen LogP contribution in [0.5, 0.6) is 0 Å². The second kappa shape index (κ2) is 6.63. The Morgan fingerprint density at radius 2 is 1.45 bits per heavy atom. The van der Waals surface area contributed by atoms with E-state index in [1.54, 1.807) is 0 Å². The van der Waals surface area contributed by atoms with Gasteiger partial charge < -0.3 is 4.90 Å². The summed E-state index contributed by atoms with van der Waals surface area (Å²) >= 11 is 0. The molecule has 3 nitrogen and oxygen atoms in total. The van der Waals surface area contributed by atoms with E-state index in [0.29, 0.717) is 0 Å². The van der Waals surface area contributed by atoms with Gasteiger partial charge in [0.05, 0.1) is 12.7 Å². The van der Waals surface area contributed by atoms with Crippen molar-refractivity contribution in [1.29, 1.82) is 0 Å². The average molecular weight is 381 g/mol. The van der Waals surface area contributed by atoms with Gasteiger partial charge in [-0.15, -0.1) is 0 Å². The maximum Gasteiger partial charge on any atom is 0.283 e. The van der Waals surface area contributed by atoms with Crippen molar-refractivity contribution < 1.29 is 4.57 Å². The van der Waals surface area contributed by atoms with Crippen LogP contribution >= 0.6 is 0 Å². The average Bonchev–Trinajstić information content (AvgIpc) is 2.99. The number of nitrogens with zero attached hydrogens (tertiary/aromatic N) is 3. The number of rotatable bonds is 2. The zero-order chi connectivity index (χ0) is 20.1. The molecular weight excluding hydrogens is 354 g/mol. The molecule has 1 aliphatic rings. The molecule has 5 rings (SSSR count). The summed E-state index contributed by atoms with van der Waals surface area (Å²) in [5.74, 6) is 1.19. The summed E-state index contributed by atoms with van der Waals surface area (Å²) in [5.41, 5.74) is 6.33. The fraction of sp³-hybridized carbons (Fsp3) is 0.192. The Morgan fingerprint density at radius 3 is 2.21 bits per heavy atom. The van der Waals surface area contributed by atoms with Crippen LogP contribution in [-0.2, 0) is 7.05 Å². The predicted octanol–water partition coefficient (Wildman–Crippen LogP) is 5.57. The van der Waals surface area contributed by atoms with Crippen LogP contribution in [-0.4, -0.2) is 13.2 Å². The first-order valence-corrected chi connectivity index (χ1v) is 10.2. The number of aryl methyl sites for hydroxylation is 1. The van der Waals surface area contributed by atoms with Crippen molar-refractivity contribution in [3.8, 4) is 11.3 Å². The molecule has 4 aromatic rings. The van der Waals surface area contributed by atoms with Crippen LogP contribution in [0, 0.1) is 6.92 Å². The predicted molar refractivity (Wildman–Crippen MR) is 122 cm³/mol. The van der Waals surface area contributed by atoms with E-state index >= 15 is 0 Å². The van der Waals surface area contributed by atoms with Crippen LogP contribution in [0.4, 0.5) is 17.2 Å². The second-order valence-corrected chi connectivity index (χ2v) is 7.94. The van der Waals surface area contributed by atoms with Gasteiger partial charge in [0.15, 0.2) is 11.9 Å². The largest absolute Gasteiger partial charge is 0.333 e. The van der Waals surface area contributed by atoms with E-state index in [4.69, 9.17) is 0 Å². The summed E-state index contributed by atoms with van der Waals surface area (Å²) in [6.45, 7) is 4.46. The van der Waals surface area contributed by atoms with E-state index in [-0.39, 0.29) is 6.17 Å². The summed E-state index contributed by atoms with van der Waals surface area (Å²) in [7, 11) is 4.34. The molecule has 29 heavy (non-hydrogen) atoms. The Kier molecular flexibility index (Phi) is 4.06. The number of fused-ring (bicyclic) bond motifs is 2. The molecule has 144 valence electrons. The van der Waals surface area contributed by atoms with Crippen molar-refractivity contribution >= 4 is 28.0 Å². The number of hydrogen-bond donors (Lipinski definition) is 0. The Bertz CT molecular complexity index is 1230. The Morgan fingerprint density at radius 1 is 0.793 bits per heavy atom. The normalized spacial score (nSPS) is 15.8. The smallest absolute Gasteiger partial charge is 0.283 e. The lowest BCUT2D eigenvalue weighted by molar-refractivity contribution is -0.647. The summed E-state index contributed by atoms with van der Waals surface area (Å²) in [6, 6.07) is 28.4. The molecule has 0 unspecified atom stereocenters. The Hall–Kier alpha value is -3.33. The molecule has 0 aliphatic carbocycles. The standard InChI is InChI=1S/C26H26N3/c1-18-16-20-10-5-6-11-21(20)17-22(18)23-14-9-15-26(28(23)4)29-19(2)27(3)24-12-7-8-13-25(24)29/h5-17,19H,1-4H3/q+1/t19-/m0/s1. The SMILES string of the molecule is Cc1cc2ccccc2cc1-c1cccc(N2c3ccccc3N(C)[C@@H]2C)[n+]1C. The third-order valence-corrected chi connectivity index (χ3v) is 6.28. The molecule has 0 N–H and O–H groups in total. The monoisotopic (exact) mass is 380 g/mol. The number of benzene rings is 3. The molecule has 0 fully saturated rings. The van der Waals surface area contributed by atoms with E-state index in [9.17, 15) is 0 Å².